The zero-order chi connectivity index (χ0) is 17.5. The van der Waals surface area contributed by atoms with Crippen LogP contribution < -0.4 is 0 Å². The van der Waals surface area contributed by atoms with E-state index in [1.165, 1.54) is 5.56 Å². The van der Waals surface area contributed by atoms with Crippen molar-refractivity contribution in [1.82, 2.24) is 9.88 Å². The van der Waals surface area contributed by atoms with Crippen LogP contribution in [0.25, 0.3) is 0 Å². The predicted octanol–water partition coefficient (Wildman–Crippen LogP) is 3.86. The Labute approximate surface area is 149 Å². The predicted molar refractivity (Wildman–Crippen MR) is 98.4 cm³/mol. The average Bonchev–Trinajstić information content (AvgIpc) is 3.15. The topological polar surface area (TPSA) is 42.4 Å². The molecule has 1 amide bonds. The van der Waals surface area contributed by atoms with Gasteiger partial charge >= 0.3 is 0 Å². The minimum atomic E-state index is 0.0578. The summed E-state index contributed by atoms with van der Waals surface area (Å²) in [6, 6.07) is 11.9. The van der Waals surface area contributed by atoms with Gasteiger partial charge in [-0.15, -0.1) is 0 Å². The van der Waals surface area contributed by atoms with E-state index in [2.05, 4.69) is 24.0 Å². The average molecular weight is 338 g/mol. The Bertz CT molecular complexity index is 664. The first-order valence-electron chi connectivity index (χ1n) is 9.15. The van der Waals surface area contributed by atoms with E-state index in [1.54, 1.807) is 6.20 Å². The highest BCUT2D eigenvalue weighted by molar-refractivity contribution is 5.94. The second-order valence-corrected chi connectivity index (χ2v) is 6.63. The number of amides is 1. The molecule has 2 aromatic rings. The number of nitrogens with zero attached hydrogens (tertiary/aromatic N) is 2. The number of pyridine rings is 1. The Morgan fingerprint density at radius 3 is 2.72 bits per heavy atom. The van der Waals surface area contributed by atoms with Crippen LogP contribution in [-0.2, 0) is 17.7 Å². The third-order valence-corrected chi connectivity index (χ3v) is 4.57. The summed E-state index contributed by atoms with van der Waals surface area (Å²) in [5.41, 5.74) is 3.05. The minimum absolute atomic E-state index is 0.0578. The lowest BCUT2D eigenvalue weighted by atomic mass is 10.1. The van der Waals surface area contributed by atoms with E-state index in [9.17, 15) is 4.79 Å². The lowest BCUT2D eigenvalue weighted by molar-refractivity contribution is 0.0507. The Kier molecular flexibility index (Phi) is 6.18. The SMILES string of the molecule is CCCc1ccc(C(=O)N(Cc2cccnc2)CC2CCCO2)cc1. The summed E-state index contributed by atoms with van der Waals surface area (Å²) in [6.45, 7) is 4.15. The van der Waals surface area contributed by atoms with Crippen LogP contribution in [0.5, 0.6) is 0 Å². The second kappa shape index (κ2) is 8.77. The molecule has 1 atom stereocenters. The van der Waals surface area contributed by atoms with Gasteiger partial charge < -0.3 is 9.64 Å². The number of ether oxygens (including phenoxy) is 1. The van der Waals surface area contributed by atoms with Crippen molar-refractivity contribution in [3.63, 3.8) is 0 Å². The summed E-state index contributed by atoms with van der Waals surface area (Å²) in [4.78, 5) is 19.1. The van der Waals surface area contributed by atoms with Crippen molar-refractivity contribution in [3.05, 3.63) is 65.5 Å². The summed E-state index contributed by atoms with van der Waals surface area (Å²) in [7, 11) is 0. The van der Waals surface area contributed by atoms with E-state index in [1.807, 2.05) is 35.4 Å². The molecule has 3 rings (SSSR count). The van der Waals surface area contributed by atoms with E-state index >= 15 is 0 Å². The molecule has 1 saturated heterocycles. The maximum atomic E-state index is 13.1. The van der Waals surface area contributed by atoms with E-state index in [0.717, 1.165) is 43.4 Å². The number of carbonyl (C=O) groups excluding carboxylic acids is 1. The van der Waals surface area contributed by atoms with Gasteiger partial charge in [0, 0.05) is 37.7 Å². The van der Waals surface area contributed by atoms with Crippen LogP contribution in [0, 0.1) is 0 Å². The smallest absolute Gasteiger partial charge is 0.254 e. The molecule has 0 aliphatic carbocycles. The van der Waals surface area contributed by atoms with Crippen LogP contribution in [0.15, 0.2) is 48.8 Å². The highest BCUT2D eigenvalue weighted by Gasteiger charge is 2.23. The Hall–Kier alpha value is -2.20. The van der Waals surface area contributed by atoms with Crippen molar-refractivity contribution in [2.75, 3.05) is 13.2 Å². The lowest BCUT2D eigenvalue weighted by Crippen LogP contribution is -2.37. The van der Waals surface area contributed by atoms with Crippen molar-refractivity contribution < 1.29 is 9.53 Å². The van der Waals surface area contributed by atoms with E-state index in [-0.39, 0.29) is 12.0 Å². The standard InChI is InChI=1S/C21H26N2O2/c1-2-5-17-8-10-19(11-9-17)21(24)23(16-20-7-4-13-25-20)15-18-6-3-12-22-14-18/h3,6,8-12,14,20H,2,4-5,7,13,15-16H2,1H3. The fraction of sp³-hybridized carbons (Fsp3) is 0.429. The van der Waals surface area contributed by atoms with Crippen molar-refractivity contribution in [2.24, 2.45) is 0 Å². The van der Waals surface area contributed by atoms with Crippen molar-refractivity contribution >= 4 is 5.91 Å². The fourth-order valence-corrected chi connectivity index (χ4v) is 3.25. The Morgan fingerprint density at radius 1 is 1.24 bits per heavy atom. The largest absolute Gasteiger partial charge is 0.376 e. The molecule has 0 bridgehead atoms. The van der Waals surface area contributed by atoms with Gasteiger partial charge in [0.15, 0.2) is 0 Å². The van der Waals surface area contributed by atoms with Crippen LogP contribution in [0.2, 0.25) is 0 Å². The summed E-state index contributed by atoms with van der Waals surface area (Å²) in [6.07, 6.45) is 7.96. The van der Waals surface area contributed by atoms with E-state index < -0.39 is 0 Å². The zero-order valence-corrected chi connectivity index (χ0v) is 14.9. The molecular weight excluding hydrogens is 312 g/mol. The number of hydrogen-bond acceptors (Lipinski definition) is 3. The molecule has 2 heterocycles. The summed E-state index contributed by atoms with van der Waals surface area (Å²) in [5.74, 6) is 0.0578. The van der Waals surface area contributed by atoms with E-state index in [4.69, 9.17) is 4.74 Å². The van der Waals surface area contributed by atoms with Crippen LogP contribution in [0.4, 0.5) is 0 Å². The van der Waals surface area contributed by atoms with Crippen LogP contribution in [-0.4, -0.2) is 35.0 Å². The normalized spacial score (nSPS) is 16.8. The summed E-state index contributed by atoms with van der Waals surface area (Å²) in [5, 5.41) is 0. The molecule has 1 aliphatic heterocycles. The third-order valence-electron chi connectivity index (χ3n) is 4.57. The number of rotatable bonds is 7. The molecule has 4 heteroatoms. The first-order valence-corrected chi connectivity index (χ1v) is 9.15. The number of aromatic nitrogens is 1. The number of hydrogen-bond donors (Lipinski definition) is 0. The second-order valence-electron chi connectivity index (χ2n) is 6.63. The van der Waals surface area contributed by atoms with Gasteiger partial charge in [-0.25, -0.2) is 0 Å². The molecule has 1 fully saturated rings. The third kappa shape index (κ3) is 4.89. The molecule has 25 heavy (non-hydrogen) atoms. The van der Waals surface area contributed by atoms with Gasteiger partial charge in [0.1, 0.15) is 0 Å². The minimum Gasteiger partial charge on any atom is -0.376 e. The summed E-state index contributed by atoms with van der Waals surface area (Å²) >= 11 is 0. The van der Waals surface area contributed by atoms with Crippen molar-refractivity contribution in [2.45, 2.75) is 45.3 Å². The molecule has 0 spiro atoms. The van der Waals surface area contributed by atoms with Crippen molar-refractivity contribution in [1.29, 1.82) is 0 Å². The Balaban J connectivity index is 1.75. The van der Waals surface area contributed by atoms with Gasteiger partial charge in [-0.05, 0) is 48.6 Å². The fourth-order valence-electron chi connectivity index (χ4n) is 3.25. The van der Waals surface area contributed by atoms with Gasteiger partial charge in [-0.2, -0.15) is 0 Å². The molecule has 1 aromatic carbocycles. The first kappa shape index (κ1) is 17.6. The van der Waals surface area contributed by atoms with Gasteiger partial charge in [-0.1, -0.05) is 31.5 Å². The monoisotopic (exact) mass is 338 g/mol. The number of benzene rings is 1. The first-order chi connectivity index (χ1) is 12.3. The molecule has 132 valence electrons. The number of carbonyl (C=O) groups is 1. The molecule has 1 aliphatic rings. The molecular formula is C21H26N2O2. The highest BCUT2D eigenvalue weighted by Crippen LogP contribution is 2.17. The lowest BCUT2D eigenvalue weighted by Gasteiger charge is -2.25. The quantitative estimate of drug-likeness (QED) is 0.770. The maximum Gasteiger partial charge on any atom is 0.254 e. The molecule has 1 unspecified atom stereocenters. The highest BCUT2D eigenvalue weighted by atomic mass is 16.5. The molecule has 0 N–H and O–H groups in total. The maximum absolute atomic E-state index is 13.1. The van der Waals surface area contributed by atoms with Gasteiger partial charge in [0.05, 0.1) is 6.10 Å². The zero-order valence-electron chi connectivity index (χ0n) is 14.9. The van der Waals surface area contributed by atoms with Gasteiger partial charge in [0.2, 0.25) is 0 Å². The molecule has 1 aromatic heterocycles. The van der Waals surface area contributed by atoms with Crippen LogP contribution in [0.1, 0.15) is 47.7 Å². The van der Waals surface area contributed by atoms with Crippen LogP contribution >= 0.6 is 0 Å². The molecule has 0 radical (unpaired) electrons. The molecule has 0 saturated carbocycles. The Morgan fingerprint density at radius 2 is 2.08 bits per heavy atom. The van der Waals surface area contributed by atoms with Gasteiger partial charge in [0.25, 0.3) is 5.91 Å². The summed E-state index contributed by atoms with van der Waals surface area (Å²) < 4.78 is 5.75. The van der Waals surface area contributed by atoms with Crippen molar-refractivity contribution in [3.8, 4) is 0 Å². The van der Waals surface area contributed by atoms with Gasteiger partial charge in [-0.3, -0.25) is 9.78 Å². The van der Waals surface area contributed by atoms with E-state index in [0.29, 0.717) is 13.1 Å². The number of aryl methyl sites for hydroxylation is 1. The van der Waals surface area contributed by atoms with Crippen LogP contribution in [0.3, 0.4) is 0 Å². The molecule has 4 nitrogen and oxygen atoms in total.